The standard InChI is InChI=1S/C12H18N6/c1-3-4-18-11(16-8-17-18)5-10(13)12-14-6-9(2)7-15-12/h6-8,10H,3-5,13H2,1-2H3. The van der Waals surface area contributed by atoms with Crippen LogP contribution < -0.4 is 5.73 Å². The second-order valence-electron chi connectivity index (χ2n) is 4.33. The lowest BCUT2D eigenvalue weighted by atomic mass is 10.2. The maximum atomic E-state index is 6.10. The average molecular weight is 246 g/mol. The summed E-state index contributed by atoms with van der Waals surface area (Å²) in [5, 5.41) is 4.18. The Hall–Kier alpha value is -1.82. The van der Waals surface area contributed by atoms with Gasteiger partial charge in [-0.15, -0.1) is 0 Å². The van der Waals surface area contributed by atoms with Gasteiger partial charge in [-0.3, -0.25) is 4.68 Å². The second-order valence-corrected chi connectivity index (χ2v) is 4.33. The molecule has 1 atom stereocenters. The van der Waals surface area contributed by atoms with Gasteiger partial charge in [-0.2, -0.15) is 5.10 Å². The molecule has 2 N–H and O–H groups in total. The summed E-state index contributed by atoms with van der Waals surface area (Å²) in [6, 6.07) is -0.245. The minimum atomic E-state index is -0.245. The van der Waals surface area contributed by atoms with E-state index in [1.165, 1.54) is 0 Å². The molecule has 2 heterocycles. The molecule has 0 aliphatic rings. The molecule has 0 aliphatic heterocycles. The quantitative estimate of drug-likeness (QED) is 0.852. The zero-order valence-electron chi connectivity index (χ0n) is 10.7. The Bertz CT molecular complexity index is 490. The number of aromatic nitrogens is 5. The van der Waals surface area contributed by atoms with Crippen LogP contribution in [0, 0.1) is 6.92 Å². The van der Waals surface area contributed by atoms with E-state index in [2.05, 4.69) is 27.0 Å². The summed E-state index contributed by atoms with van der Waals surface area (Å²) in [4.78, 5) is 12.7. The molecule has 0 saturated heterocycles. The van der Waals surface area contributed by atoms with Crippen LogP contribution in [-0.2, 0) is 13.0 Å². The highest BCUT2D eigenvalue weighted by molar-refractivity contribution is 5.06. The first-order valence-corrected chi connectivity index (χ1v) is 6.11. The van der Waals surface area contributed by atoms with E-state index in [4.69, 9.17) is 5.73 Å². The van der Waals surface area contributed by atoms with E-state index in [1.54, 1.807) is 18.7 Å². The molecule has 6 heteroatoms. The Morgan fingerprint density at radius 1 is 1.28 bits per heavy atom. The van der Waals surface area contributed by atoms with Crippen LogP contribution in [0.5, 0.6) is 0 Å². The molecule has 18 heavy (non-hydrogen) atoms. The summed E-state index contributed by atoms with van der Waals surface area (Å²) in [6.45, 7) is 4.92. The molecule has 0 radical (unpaired) electrons. The first-order valence-electron chi connectivity index (χ1n) is 6.11. The predicted molar refractivity (Wildman–Crippen MR) is 67.7 cm³/mol. The largest absolute Gasteiger partial charge is 0.321 e. The summed E-state index contributed by atoms with van der Waals surface area (Å²) >= 11 is 0. The van der Waals surface area contributed by atoms with E-state index in [0.29, 0.717) is 12.2 Å². The fraction of sp³-hybridized carbons (Fsp3) is 0.500. The van der Waals surface area contributed by atoms with Gasteiger partial charge in [0.25, 0.3) is 0 Å². The third-order valence-corrected chi connectivity index (χ3v) is 2.67. The summed E-state index contributed by atoms with van der Waals surface area (Å²) in [5.74, 6) is 1.53. The van der Waals surface area contributed by atoms with Gasteiger partial charge in [0.1, 0.15) is 18.0 Å². The van der Waals surface area contributed by atoms with E-state index in [0.717, 1.165) is 24.4 Å². The number of hydrogen-bond acceptors (Lipinski definition) is 5. The SMILES string of the molecule is CCCn1ncnc1CC(N)c1ncc(C)cn1. The fourth-order valence-electron chi connectivity index (χ4n) is 1.73. The molecule has 0 saturated carbocycles. The zero-order valence-corrected chi connectivity index (χ0v) is 10.7. The smallest absolute Gasteiger partial charge is 0.145 e. The van der Waals surface area contributed by atoms with Crippen molar-refractivity contribution in [3.63, 3.8) is 0 Å². The summed E-state index contributed by atoms with van der Waals surface area (Å²) in [5.41, 5.74) is 7.12. The summed E-state index contributed by atoms with van der Waals surface area (Å²) in [6.07, 6.45) is 6.74. The van der Waals surface area contributed by atoms with Crippen molar-refractivity contribution in [2.45, 2.75) is 39.3 Å². The first-order chi connectivity index (χ1) is 8.70. The van der Waals surface area contributed by atoms with Crippen LogP contribution in [0.2, 0.25) is 0 Å². The Morgan fingerprint density at radius 2 is 2.00 bits per heavy atom. The molecule has 2 aromatic rings. The van der Waals surface area contributed by atoms with Crippen molar-refractivity contribution in [2.24, 2.45) is 5.73 Å². The Balaban J connectivity index is 2.08. The minimum absolute atomic E-state index is 0.245. The Labute approximate surface area is 106 Å². The highest BCUT2D eigenvalue weighted by atomic mass is 15.3. The normalized spacial score (nSPS) is 12.6. The average Bonchev–Trinajstić information content (AvgIpc) is 2.78. The van der Waals surface area contributed by atoms with Crippen LogP contribution >= 0.6 is 0 Å². The van der Waals surface area contributed by atoms with Crippen molar-refractivity contribution < 1.29 is 0 Å². The maximum Gasteiger partial charge on any atom is 0.145 e. The minimum Gasteiger partial charge on any atom is -0.321 e. The Kier molecular flexibility index (Phi) is 3.99. The molecular weight excluding hydrogens is 228 g/mol. The van der Waals surface area contributed by atoms with Crippen molar-refractivity contribution in [3.8, 4) is 0 Å². The molecule has 0 aromatic carbocycles. The number of hydrogen-bond donors (Lipinski definition) is 1. The number of nitrogens with two attached hydrogens (primary N) is 1. The van der Waals surface area contributed by atoms with E-state index in [1.807, 2.05) is 11.6 Å². The van der Waals surface area contributed by atoms with Gasteiger partial charge in [-0.1, -0.05) is 6.92 Å². The van der Waals surface area contributed by atoms with Crippen LogP contribution in [0.4, 0.5) is 0 Å². The van der Waals surface area contributed by atoms with Gasteiger partial charge in [0.15, 0.2) is 0 Å². The topological polar surface area (TPSA) is 82.5 Å². The van der Waals surface area contributed by atoms with Gasteiger partial charge in [-0.25, -0.2) is 15.0 Å². The van der Waals surface area contributed by atoms with Crippen LogP contribution in [0.1, 0.15) is 36.6 Å². The number of rotatable bonds is 5. The predicted octanol–water partition coefficient (Wildman–Crippen LogP) is 1.03. The first kappa shape index (κ1) is 12.6. The molecule has 1 unspecified atom stereocenters. The summed E-state index contributed by atoms with van der Waals surface area (Å²) < 4.78 is 1.88. The molecule has 0 aliphatic carbocycles. The number of nitrogens with zero attached hydrogens (tertiary/aromatic N) is 5. The highest BCUT2D eigenvalue weighted by Crippen LogP contribution is 2.10. The van der Waals surface area contributed by atoms with Crippen LogP contribution in [0.3, 0.4) is 0 Å². The third kappa shape index (κ3) is 2.89. The van der Waals surface area contributed by atoms with E-state index in [9.17, 15) is 0 Å². The lowest BCUT2D eigenvalue weighted by molar-refractivity contribution is 0.540. The van der Waals surface area contributed by atoms with Crippen molar-refractivity contribution in [2.75, 3.05) is 0 Å². The monoisotopic (exact) mass is 246 g/mol. The maximum absolute atomic E-state index is 6.10. The molecular formula is C12H18N6. The van der Waals surface area contributed by atoms with E-state index < -0.39 is 0 Å². The molecule has 0 spiro atoms. The lowest BCUT2D eigenvalue weighted by Crippen LogP contribution is -2.19. The van der Waals surface area contributed by atoms with Gasteiger partial charge >= 0.3 is 0 Å². The van der Waals surface area contributed by atoms with Gasteiger partial charge in [0, 0.05) is 25.4 Å². The molecule has 6 nitrogen and oxygen atoms in total. The van der Waals surface area contributed by atoms with Crippen molar-refractivity contribution in [1.29, 1.82) is 0 Å². The second kappa shape index (κ2) is 5.68. The Morgan fingerprint density at radius 3 is 2.67 bits per heavy atom. The van der Waals surface area contributed by atoms with Crippen molar-refractivity contribution >= 4 is 0 Å². The highest BCUT2D eigenvalue weighted by Gasteiger charge is 2.13. The van der Waals surface area contributed by atoms with Gasteiger partial charge < -0.3 is 5.73 Å². The van der Waals surface area contributed by atoms with Crippen LogP contribution in [-0.4, -0.2) is 24.7 Å². The molecule has 2 aromatic heterocycles. The number of aryl methyl sites for hydroxylation is 2. The van der Waals surface area contributed by atoms with Gasteiger partial charge in [0.2, 0.25) is 0 Å². The zero-order chi connectivity index (χ0) is 13.0. The van der Waals surface area contributed by atoms with Gasteiger partial charge in [-0.05, 0) is 18.9 Å². The molecule has 0 bridgehead atoms. The van der Waals surface area contributed by atoms with Crippen LogP contribution in [0.15, 0.2) is 18.7 Å². The van der Waals surface area contributed by atoms with Crippen molar-refractivity contribution in [1.82, 2.24) is 24.7 Å². The van der Waals surface area contributed by atoms with Crippen molar-refractivity contribution in [3.05, 3.63) is 35.9 Å². The van der Waals surface area contributed by atoms with Crippen LogP contribution in [0.25, 0.3) is 0 Å². The molecule has 0 fully saturated rings. The lowest BCUT2D eigenvalue weighted by Gasteiger charge is -2.10. The molecule has 2 rings (SSSR count). The van der Waals surface area contributed by atoms with Gasteiger partial charge in [0.05, 0.1) is 6.04 Å². The summed E-state index contributed by atoms with van der Waals surface area (Å²) in [7, 11) is 0. The molecule has 96 valence electrons. The van der Waals surface area contributed by atoms with E-state index >= 15 is 0 Å². The third-order valence-electron chi connectivity index (χ3n) is 2.67. The van der Waals surface area contributed by atoms with E-state index in [-0.39, 0.29) is 6.04 Å². The molecule has 0 amide bonds. The fourth-order valence-corrected chi connectivity index (χ4v) is 1.73.